The molecule has 21 heavy (non-hydrogen) atoms. The Hall–Kier alpha value is -1.07. The molecule has 0 spiro atoms. The van der Waals surface area contributed by atoms with E-state index in [0.29, 0.717) is 12.1 Å². The second kappa shape index (κ2) is 5.97. The number of hydrogen-bond acceptors (Lipinski definition) is 4. The van der Waals surface area contributed by atoms with Crippen molar-refractivity contribution in [3.8, 4) is 0 Å². The molecule has 1 unspecified atom stereocenters. The van der Waals surface area contributed by atoms with Crippen LogP contribution < -0.4 is 5.32 Å². The summed E-state index contributed by atoms with van der Waals surface area (Å²) in [5, 5.41) is 3.66. The fourth-order valence-corrected chi connectivity index (χ4v) is 4.65. The van der Waals surface area contributed by atoms with Crippen molar-refractivity contribution in [1.82, 2.24) is 19.9 Å². The number of aromatic nitrogens is 3. The molecule has 0 radical (unpaired) electrons. The molecular weight excluding hydrogens is 280 g/mol. The highest BCUT2D eigenvalue weighted by Crippen LogP contribution is 2.34. The van der Waals surface area contributed by atoms with Gasteiger partial charge in [0, 0.05) is 12.2 Å². The second-order valence-corrected chi connectivity index (χ2v) is 7.26. The van der Waals surface area contributed by atoms with Crippen LogP contribution in [-0.2, 0) is 0 Å². The Labute approximate surface area is 129 Å². The van der Waals surface area contributed by atoms with Crippen LogP contribution in [0.5, 0.6) is 0 Å². The molecule has 2 saturated heterocycles. The van der Waals surface area contributed by atoms with E-state index in [9.17, 15) is 0 Å². The lowest BCUT2D eigenvalue weighted by molar-refractivity contribution is 0.365. The summed E-state index contributed by atoms with van der Waals surface area (Å²) in [6.07, 6.45) is 8.17. The summed E-state index contributed by atoms with van der Waals surface area (Å²) in [6, 6.07) is 5.07. The molecule has 2 aromatic rings. The lowest BCUT2D eigenvalue weighted by Gasteiger charge is -2.29. The summed E-state index contributed by atoms with van der Waals surface area (Å²) >= 11 is 2.07. The minimum Gasteiger partial charge on any atom is -0.308 e. The number of nitrogens with zero attached hydrogens (tertiary/aromatic N) is 3. The Morgan fingerprint density at radius 2 is 2.10 bits per heavy atom. The van der Waals surface area contributed by atoms with E-state index in [1.165, 1.54) is 49.4 Å². The van der Waals surface area contributed by atoms with Gasteiger partial charge in [-0.2, -0.15) is 11.8 Å². The average Bonchev–Trinajstić information content (AvgIpc) is 2.96. The lowest BCUT2D eigenvalue weighted by Crippen LogP contribution is -2.30. The monoisotopic (exact) mass is 302 g/mol. The quantitative estimate of drug-likeness (QED) is 0.924. The fraction of sp³-hybridized carbons (Fsp3) is 0.625. The van der Waals surface area contributed by atoms with Gasteiger partial charge in [-0.3, -0.25) is 0 Å². The molecule has 0 bridgehead atoms. The zero-order chi connectivity index (χ0) is 14.1. The number of hydrogen-bond donors (Lipinski definition) is 1. The average molecular weight is 302 g/mol. The summed E-state index contributed by atoms with van der Waals surface area (Å²) in [6.45, 7) is 1.11. The van der Waals surface area contributed by atoms with E-state index in [1.54, 1.807) is 0 Å². The van der Waals surface area contributed by atoms with Gasteiger partial charge in [-0.1, -0.05) is 6.42 Å². The first-order valence-electron chi connectivity index (χ1n) is 8.07. The number of piperidine rings is 1. The van der Waals surface area contributed by atoms with Gasteiger partial charge in [0.15, 0.2) is 5.65 Å². The number of thioether (sulfide) groups is 1. The van der Waals surface area contributed by atoms with E-state index in [0.717, 1.165) is 17.7 Å². The van der Waals surface area contributed by atoms with Crippen LogP contribution in [0.1, 0.15) is 50.0 Å². The van der Waals surface area contributed by atoms with Crippen molar-refractivity contribution in [2.24, 2.45) is 0 Å². The largest absolute Gasteiger partial charge is 0.308 e. The molecule has 0 saturated carbocycles. The fourth-order valence-electron chi connectivity index (χ4n) is 3.57. The van der Waals surface area contributed by atoms with Crippen LogP contribution in [0.25, 0.3) is 11.2 Å². The minimum atomic E-state index is 0.405. The first-order valence-corrected chi connectivity index (χ1v) is 9.23. The number of nitrogens with one attached hydrogen (secondary N) is 1. The third kappa shape index (κ3) is 2.57. The van der Waals surface area contributed by atoms with Crippen molar-refractivity contribution in [3.63, 3.8) is 0 Å². The summed E-state index contributed by atoms with van der Waals surface area (Å²) in [4.78, 5) is 9.58. The van der Waals surface area contributed by atoms with Crippen molar-refractivity contribution in [1.29, 1.82) is 0 Å². The predicted octanol–water partition coefficient (Wildman–Crippen LogP) is 3.31. The third-order valence-corrected chi connectivity index (χ3v) is 5.70. The smallest absolute Gasteiger partial charge is 0.160 e. The van der Waals surface area contributed by atoms with Crippen molar-refractivity contribution in [3.05, 3.63) is 24.2 Å². The van der Waals surface area contributed by atoms with Gasteiger partial charge < -0.3 is 9.88 Å². The zero-order valence-corrected chi connectivity index (χ0v) is 13.1. The molecule has 0 aromatic carbocycles. The maximum atomic E-state index is 4.94. The molecule has 2 fully saturated rings. The van der Waals surface area contributed by atoms with Crippen LogP contribution in [0.3, 0.4) is 0 Å². The van der Waals surface area contributed by atoms with Crippen LogP contribution in [0.2, 0.25) is 0 Å². The number of fused-ring (bicyclic) bond motifs is 1. The van der Waals surface area contributed by atoms with E-state index in [1.807, 2.05) is 12.3 Å². The molecule has 2 aliphatic rings. The number of rotatable bonds is 2. The van der Waals surface area contributed by atoms with Gasteiger partial charge in [-0.05, 0) is 55.9 Å². The van der Waals surface area contributed by atoms with Crippen LogP contribution in [0.15, 0.2) is 18.3 Å². The molecule has 4 heterocycles. The number of imidazole rings is 1. The molecular formula is C16H22N4S. The normalized spacial score (nSPS) is 24.5. The van der Waals surface area contributed by atoms with Gasteiger partial charge in [0.25, 0.3) is 0 Å². The molecule has 2 aromatic heterocycles. The summed E-state index contributed by atoms with van der Waals surface area (Å²) in [5.74, 6) is 3.74. The maximum absolute atomic E-state index is 4.94. The first-order chi connectivity index (χ1) is 10.4. The van der Waals surface area contributed by atoms with E-state index in [2.05, 4.69) is 32.7 Å². The van der Waals surface area contributed by atoms with E-state index in [4.69, 9.17) is 4.98 Å². The SMILES string of the molecule is c1cnc2c(c1)nc(C1CCCCN1)n2C1CCSCC1. The van der Waals surface area contributed by atoms with Gasteiger partial charge in [-0.25, -0.2) is 9.97 Å². The van der Waals surface area contributed by atoms with Gasteiger partial charge in [0.05, 0.1) is 6.04 Å². The maximum Gasteiger partial charge on any atom is 0.160 e. The van der Waals surface area contributed by atoms with Crippen molar-refractivity contribution in [2.75, 3.05) is 18.1 Å². The van der Waals surface area contributed by atoms with Crippen molar-refractivity contribution in [2.45, 2.75) is 44.2 Å². The number of pyridine rings is 1. The van der Waals surface area contributed by atoms with Crippen LogP contribution >= 0.6 is 11.8 Å². The first kappa shape index (κ1) is 13.6. The zero-order valence-electron chi connectivity index (χ0n) is 12.3. The van der Waals surface area contributed by atoms with Gasteiger partial charge >= 0.3 is 0 Å². The Morgan fingerprint density at radius 3 is 2.90 bits per heavy atom. The molecule has 4 rings (SSSR count). The minimum absolute atomic E-state index is 0.405. The van der Waals surface area contributed by atoms with Crippen molar-refractivity contribution < 1.29 is 0 Å². The predicted molar refractivity (Wildman–Crippen MR) is 87.7 cm³/mol. The molecule has 112 valence electrons. The third-order valence-electron chi connectivity index (χ3n) is 4.65. The van der Waals surface area contributed by atoms with E-state index < -0.39 is 0 Å². The van der Waals surface area contributed by atoms with Crippen molar-refractivity contribution >= 4 is 22.9 Å². The lowest BCUT2D eigenvalue weighted by atomic mass is 10.0. The van der Waals surface area contributed by atoms with Gasteiger partial charge in [0.2, 0.25) is 0 Å². The standard InChI is InChI=1S/C16H22N4S/c1-2-8-17-13(4-1)16-19-14-5-3-9-18-15(14)20(16)12-6-10-21-11-7-12/h3,5,9,12-13,17H,1-2,4,6-8,10-11H2. The Balaban J connectivity index is 1.79. The molecule has 5 heteroatoms. The summed E-state index contributed by atoms with van der Waals surface area (Å²) < 4.78 is 2.46. The van der Waals surface area contributed by atoms with Gasteiger partial charge in [0.1, 0.15) is 11.3 Å². The highest BCUT2D eigenvalue weighted by Gasteiger charge is 2.27. The van der Waals surface area contributed by atoms with Gasteiger partial charge in [-0.15, -0.1) is 0 Å². The molecule has 2 aliphatic heterocycles. The molecule has 1 atom stereocenters. The molecule has 0 amide bonds. The molecule has 0 aliphatic carbocycles. The van der Waals surface area contributed by atoms with E-state index in [-0.39, 0.29) is 0 Å². The molecule has 4 nitrogen and oxygen atoms in total. The highest BCUT2D eigenvalue weighted by atomic mass is 32.2. The van der Waals surface area contributed by atoms with Crippen LogP contribution in [0.4, 0.5) is 0 Å². The topological polar surface area (TPSA) is 42.7 Å². The van der Waals surface area contributed by atoms with Crippen LogP contribution in [-0.4, -0.2) is 32.6 Å². The summed E-state index contributed by atoms with van der Waals surface area (Å²) in [5.41, 5.74) is 2.13. The molecule has 1 N–H and O–H groups in total. The second-order valence-electron chi connectivity index (χ2n) is 6.03. The highest BCUT2D eigenvalue weighted by molar-refractivity contribution is 7.99. The Morgan fingerprint density at radius 1 is 1.19 bits per heavy atom. The van der Waals surface area contributed by atoms with E-state index >= 15 is 0 Å². The Kier molecular flexibility index (Phi) is 3.86. The van der Waals surface area contributed by atoms with Crippen LogP contribution in [0, 0.1) is 0 Å². The summed E-state index contributed by atoms with van der Waals surface area (Å²) in [7, 11) is 0. The Bertz CT molecular complexity index is 612.